The summed E-state index contributed by atoms with van der Waals surface area (Å²) in [5.41, 5.74) is 5.81. The Hall–Kier alpha value is -0.610. The third-order valence-corrected chi connectivity index (χ3v) is 4.53. The fourth-order valence-electron chi connectivity index (χ4n) is 3.54. The van der Waals surface area contributed by atoms with Crippen LogP contribution in [0.5, 0.6) is 0 Å². The van der Waals surface area contributed by atoms with Gasteiger partial charge in [0.05, 0.1) is 19.3 Å². The molecule has 2 fully saturated rings. The monoisotopic (exact) mass is 268 g/mol. The molecule has 0 spiro atoms. The molecule has 0 aromatic heterocycles. The van der Waals surface area contributed by atoms with Gasteiger partial charge in [-0.1, -0.05) is 20.3 Å². The number of ether oxygens (including phenoxy) is 1. The molecule has 2 aliphatic rings. The molecule has 0 aromatic carbocycles. The molecule has 0 radical (unpaired) electrons. The maximum absolute atomic E-state index is 12.8. The van der Waals surface area contributed by atoms with Crippen molar-refractivity contribution in [1.82, 2.24) is 4.90 Å². The fourth-order valence-corrected chi connectivity index (χ4v) is 3.54. The van der Waals surface area contributed by atoms with Crippen LogP contribution in [0.1, 0.15) is 39.5 Å². The van der Waals surface area contributed by atoms with E-state index in [2.05, 4.69) is 18.7 Å². The fraction of sp³-hybridized carbons (Fsp3) is 0.933. The van der Waals surface area contributed by atoms with E-state index in [4.69, 9.17) is 10.5 Å². The van der Waals surface area contributed by atoms with Crippen LogP contribution in [0.3, 0.4) is 0 Å². The Morgan fingerprint density at radius 1 is 1.42 bits per heavy atom. The number of amides is 1. The minimum absolute atomic E-state index is 0.165. The normalized spacial score (nSPS) is 32.0. The van der Waals surface area contributed by atoms with Gasteiger partial charge in [-0.2, -0.15) is 0 Å². The minimum Gasteiger partial charge on any atom is -0.377 e. The van der Waals surface area contributed by atoms with Crippen LogP contribution in [-0.2, 0) is 9.53 Å². The van der Waals surface area contributed by atoms with Crippen molar-refractivity contribution in [2.24, 2.45) is 23.5 Å². The van der Waals surface area contributed by atoms with Crippen molar-refractivity contribution in [2.45, 2.75) is 45.6 Å². The molecule has 1 aliphatic carbocycles. The van der Waals surface area contributed by atoms with Gasteiger partial charge in [-0.25, -0.2) is 0 Å². The Kier molecular flexibility index (Phi) is 5.22. The molecule has 4 heteroatoms. The number of nitrogens with zero attached hydrogens (tertiary/aromatic N) is 1. The lowest BCUT2D eigenvalue weighted by atomic mass is 9.93. The first-order valence-corrected chi connectivity index (χ1v) is 7.71. The first-order chi connectivity index (χ1) is 9.13. The van der Waals surface area contributed by atoms with E-state index in [0.29, 0.717) is 37.5 Å². The van der Waals surface area contributed by atoms with Crippen LogP contribution in [0.15, 0.2) is 0 Å². The average molecular weight is 268 g/mol. The van der Waals surface area contributed by atoms with Crippen molar-refractivity contribution in [3.63, 3.8) is 0 Å². The Morgan fingerprint density at radius 3 is 2.89 bits per heavy atom. The zero-order chi connectivity index (χ0) is 13.8. The molecule has 110 valence electrons. The van der Waals surface area contributed by atoms with E-state index in [9.17, 15) is 4.79 Å². The predicted molar refractivity (Wildman–Crippen MR) is 75.7 cm³/mol. The molecule has 1 saturated heterocycles. The number of rotatable bonds is 4. The highest BCUT2D eigenvalue weighted by Crippen LogP contribution is 2.33. The van der Waals surface area contributed by atoms with Gasteiger partial charge in [0.15, 0.2) is 0 Å². The Bertz CT molecular complexity index is 307. The second kappa shape index (κ2) is 6.71. The summed E-state index contributed by atoms with van der Waals surface area (Å²) < 4.78 is 5.56. The zero-order valence-electron chi connectivity index (χ0n) is 12.3. The van der Waals surface area contributed by atoms with Crippen molar-refractivity contribution < 1.29 is 9.53 Å². The van der Waals surface area contributed by atoms with Crippen LogP contribution in [-0.4, -0.2) is 43.2 Å². The van der Waals surface area contributed by atoms with E-state index in [0.717, 1.165) is 32.2 Å². The molecule has 0 bridgehead atoms. The van der Waals surface area contributed by atoms with Gasteiger partial charge in [-0.05, 0) is 37.6 Å². The molecule has 1 unspecified atom stereocenters. The Morgan fingerprint density at radius 2 is 2.21 bits per heavy atom. The van der Waals surface area contributed by atoms with Gasteiger partial charge in [-0.15, -0.1) is 0 Å². The van der Waals surface area contributed by atoms with Gasteiger partial charge in [-0.3, -0.25) is 4.79 Å². The molecule has 3 atom stereocenters. The Labute approximate surface area is 116 Å². The van der Waals surface area contributed by atoms with Crippen LogP contribution in [0.2, 0.25) is 0 Å². The second-order valence-corrected chi connectivity index (χ2v) is 6.42. The van der Waals surface area contributed by atoms with Gasteiger partial charge in [0, 0.05) is 12.5 Å². The second-order valence-electron chi connectivity index (χ2n) is 6.42. The molecule has 1 saturated carbocycles. The molecule has 19 heavy (non-hydrogen) atoms. The first kappa shape index (κ1) is 14.8. The third-order valence-electron chi connectivity index (χ3n) is 4.53. The first-order valence-electron chi connectivity index (χ1n) is 7.71. The number of hydrogen-bond donors (Lipinski definition) is 1. The van der Waals surface area contributed by atoms with E-state index in [1.54, 1.807) is 0 Å². The number of carbonyl (C=O) groups excluding carboxylic acids is 1. The molecule has 0 aromatic rings. The van der Waals surface area contributed by atoms with E-state index < -0.39 is 0 Å². The molecule has 2 rings (SSSR count). The quantitative estimate of drug-likeness (QED) is 0.843. The van der Waals surface area contributed by atoms with Crippen molar-refractivity contribution >= 4 is 5.91 Å². The number of morpholine rings is 1. The highest BCUT2D eigenvalue weighted by atomic mass is 16.5. The van der Waals surface area contributed by atoms with Crippen molar-refractivity contribution in [3.05, 3.63) is 0 Å². The molecular formula is C15H28N2O2. The average Bonchev–Trinajstić information content (AvgIpc) is 2.86. The summed E-state index contributed by atoms with van der Waals surface area (Å²) in [5.74, 6) is 1.49. The summed E-state index contributed by atoms with van der Waals surface area (Å²) >= 11 is 0. The minimum atomic E-state index is 0.165. The Balaban J connectivity index is 2.02. The molecular weight excluding hydrogens is 240 g/mol. The molecule has 1 heterocycles. The van der Waals surface area contributed by atoms with Gasteiger partial charge in [0.2, 0.25) is 5.91 Å². The third kappa shape index (κ3) is 3.48. The summed E-state index contributed by atoms with van der Waals surface area (Å²) in [6.07, 6.45) is 4.32. The van der Waals surface area contributed by atoms with Crippen molar-refractivity contribution in [3.8, 4) is 0 Å². The van der Waals surface area contributed by atoms with Gasteiger partial charge >= 0.3 is 0 Å². The maximum atomic E-state index is 12.8. The van der Waals surface area contributed by atoms with Gasteiger partial charge in [0.25, 0.3) is 0 Å². The largest absolute Gasteiger partial charge is 0.377 e. The van der Waals surface area contributed by atoms with E-state index >= 15 is 0 Å². The van der Waals surface area contributed by atoms with E-state index in [1.807, 2.05) is 0 Å². The van der Waals surface area contributed by atoms with Crippen LogP contribution < -0.4 is 5.73 Å². The van der Waals surface area contributed by atoms with Crippen molar-refractivity contribution in [1.29, 1.82) is 0 Å². The van der Waals surface area contributed by atoms with Crippen LogP contribution >= 0.6 is 0 Å². The van der Waals surface area contributed by atoms with Gasteiger partial charge in [0.1, 0.15) is 0 Å². The van der Waals surface area contributed by atoms with Crippen LogP contribution in [0.4, 0.5) is 0 Å². The lowest BCUT2D eigenvalue weighted by Crippen LogP contribution is -2.52. The topological polar surface area (TPSA) is 55.6 Å². The summed E-state index contributed by atoms with van der Waals surface area (Å²) in [5, 5.41) is 0. The van der Waals surface area contributed by atoms with E-state index in [-0.39, 0.29) is 12.0 Å². The number of carbonyl (C=O) groups is 1. The summed E-state index contributed by atoms with van der Waals surface area (Å²) in [4.78, 5) is 14.9. The number of hydrogen-bond acceptors (Lipinski definition) is 3. The standard InChI is InChI=1S/C15H28N2O2/c1-11(2)8-13-10-19-7-6-17(13)15(18)14-5-3-4-12(14)9-16/h11-14H,3-10,16H2,1-2H3/t12-,13?,14-/m1/s1. The van der Waals surface area contributed by atoms with Crippen molar-refractivity contribution in [2.75, 3.05) is 26.3 Å². The maximum Gasteiger partial charge on any atom is 0.226 e. The summed E-state index contributed by atoms with van der Waals surface area (Å²) in [7, 11) is 0. The van der Waals surface area contributed by atoms with Gasteiger partial charge < -0.3 is 15.4 Å². The molecule has 2 N–H and O–H groups in total. The van der Waals surface area contributed by atoms with E-state index in [1.165, 1.54) is 0 Å². The lowest BCUT2D eigenvalue weighted by molar-refractivity contribution is -0.146. The lowest BCUT2D eigenvalue weighted by Gasteiger charge is -2.38. The SMILES string of the molecule is CC(C)CC1COCCN1C(=O)[C@@H]1CCC[C@@H]1CN. The van der Waals surface area contributed by atoms with Crippen LogP contribution in [0.25, 0.3) is 0 Å². The smallest absolute Gasteiger partial charge is 0.226 e. The zero-order valence-corrected chi connectivity index (χ0v) is 12.3. The summed E-state index contributed by atoms with van der Waals surface area (Å²) in [6.45, 7) is 7.19. The predicted octanol–water partition coefficient (Wildman–Crippen LogP) is 1.63. The number of nitrogens with two attached hydrogens (primary N) is 1. The highest BCUT2D eigenvalue weighted by molar-refractivity contribution is 5.80. The molecule has 1 amide bonds. The molecule has 4 nitrogen and oxygen atoms in total. The summed E-state index contributed by atoms with van der Waals surface area (Å²) in [6, 6.07) is 0.264. The van der Waals surface area contributed by atoms with Crippen LogP contribution in [0, 0.1) is 17.8 Å². The molecule has 1 aliphatic heterocycles. The highest BCUT2D eigenvalue weighted by Gasteiger charge is 2.38.